The number of carbonyl (C=O) groups excluding carboxylic acids is 4. The Balaban J connectivity index is 1.01. The number of hydrogen-bond acceptors (Lipinski definition) is 8. The maximum Gasteiger partial charge on any atom is 0.261 e. The zero-order chi connectivity index (χ0) is 73.9. The third kappa shape index (κ3) is 15.1. The van der Waals surface area contributed by atoms with E-state index >= 15 is 0 Å². The van der Waals surface area contributed by atoms with Crippen molar-refractivity contribution in [3.05, 3.63) is 163 Å². The summed E-state index contributed by atoms with van der Waals surface area (Å²) in [5, 5.41) is 0.729. The van der Waals surface area contributed by atoms with Gasteiger partial charge in [-0.25, -0.2) is 9.97 Å². The Bertz CT molecular complexity index is 4420. The second kappa shape index (κ2) is 32.3. The molecule has 12 heteroatoms. The summed E-state index contributed by atoms with van der Waals surface area (Å²) in [7, 11) is 0. The minimum absolute atomic E-state index is 0.0419. The Hall–Kier alpha value is -8.06. The van der Waals surface area contributed by atoms with Crippen LogP contribution in [0.1, 0.15) is 341 Å². The van der Waals surface area contributed by atoms with Crippen molar-refractivity contribution in [3.8, 4) is 22.3 Å². The molecule has 5 aliphatic heterocycles. The molecule has 4 aromatic carbocycles. The number of rotatable bonds is 29. The number of aromatic nitrogens is 4. The fourth-order valence-corrected chi connectivity index (χ4v) is 16.7. The number of nitrogens with one attached hydrogen (secondary N) is 2. The number of ether oxygens (including phenoxy) is 2. The molecule has 8 bridgehead atoms. The van der Waals surface area contributed by atoms with Gasteiger partial charge in [-0.05, 0) is 200 Å². The van der Waals surface area contributed by atoms with E-state index in [1.807, 2.05) is 0 Å². The van der Waals surface area contributed by atoms with Crippen molar-refractivity contribution in [2.75, 3.05) is 19.8 Å². The summed E-state index contributed by atoms with van der Waals surface area (Å²) in [6.07, 6.45) is 24.9. The maximum absolute atomic E-state index is 14.7. The number of fused-ring (bicyclic) bond motifs is 8. The van der Waals surface area contributed by atoms with Gasteiger partial charge in [-0.15, -0.1) is 0 Å². The summed E-state index contributed by atoms with van der Waals surface area (Å²) >= 11 is 0. The molecule has 0 radical (unpaired) electrons. The van der Waals surface area contributed by atoms with Crippen LogP contribution in [0, 0.1) is 13.8 Å². The van der Waals surface area contributed by atoms with E-state index in [-0.39, 0.29) is 35.2 Å². The van der Waals surface area contributed by atoms with E-state index < -0.39 is 36.0 Å². The largest absolute Gasteiger partial charge is 0.354 e. The number of unbranched alkanes of at least 4 members (excludes halogenated alkanes) is 15. The highest BCUT2D eigenvalue weighted by atomic mass is 16.7. The van der Waals surface area contributed by atoms with Gasteiger partial charge in [0.2, 0.25) is 0 Å². The van der Waals surface area contributed by atoms with E-state index in [9.17, 15) is 19.2 Å². The molecule has 4 amide bonds. The van der Waals surface area contributed by atoms with Gasteiger partial charge in [0.1, 0.15) is 0 Å². The van der Waals surface area contributed by atoms with Crippen LogP contribution in [0.5, 0.6) is 0 Å². The van der Waals surface area contributed by atoms with E-state index in [2.05, 4.69) is 168 Å². The van der Waals surface area contributed by atoms with Gasteiger partial charge < -0.3 is 19.4 Å². The van der Waals surface area contributed by atoms with E-state index in [1.54, 1.807) is 24.3 Å². The smallest absolute Gasteiger partial charge is 0.261 e. The molecule has 0 aliphatic carbocycles. The number of amides is 4. The highest BCUT2D eigenvalue weighted by Gasteiger charge is 2.44. The number of H-pyrrole nitrogens is 2. The minimum atomic E-state index is -0.779. The fraction of sp³-hybridized carbons (Fsp3) is 0.500. The van der Waals surface area contributed by atoms with E-state index in [1.165, 1.54) is 128 Å². The Morgan fingerprint density at radius 2 is 0.837 bits per heavy atom. The van der Waals surface area contributed by atoms with Gasteiger partial charge in [-0.3, -0.25) is 29.0 Å². The first kappa shape index (κ1) is 75.6. The molecule has 3 aromatic heterocycles. The van der Waals surface area contributed by atoms with E-state index in [0.29, 0.717) is 34.9 Å². The van der Waals surface area contributed by atoms with Crippen molar-refractivity contribution in [2.45, 2.75) is 281 Å². The normalized spacial score (nSPS) is 16.4. The summed E-state index contributed by atoms with van der Waals surface area (Å²) in [5.41, 5.74) is 27.6. The number of carbonyl (C=O) groups is 4. The van der Waals surface area contributed by atoms with Crippen molar-refractivity contribution in [3.63, 3.8) is 0 Å². The number of imide groups is 2. The highest BCUT2D eigenvalue weighted by Crippen LogP contribution is 2.48. The number of hydrogen-bond donors (Lipinski definition) is 2. The van der Waals surface area contributed by atoms with Crippen molar-refractivity contribution in [2.24, 2.45) is 0 Å². The molecule has 0 spiro atoms. The van der Waals surface area contributed by atoms with E-state index in [4.69, 9.17) is 19.4 Å². The van der Waals surface area contributed by atoms with Crippen LogP contribution in [0.3, 0.4) is 0 Å². The topological polar surface area (TPSA) is 151 Å². The average Bonchev–Trinajstić information content (AvgIpc) is 0.947. The molecule has 7 aromatic rings. The number of benzene rings is 4. The molecule has 2 N–H and O–H groups in total. The van der Waals surface area contributed by atoms with Gasteiger partial charge in [-0.1, -0.05) is 215 Å². The number of allylic oxidation sites excluding steroid dienone is 4. The SMILES string of the molecule is CCCCCCC1=C(C)c2nc1cc1[nH]c(c(C)c1CCCCCC)c(-c1cc(C(C)(C)C)cc(C(C)(C)C)c1)c1[nH]c(cc3nc(c2-c2ccc(C4OCC(N5C(=O)c6ccc7c8c(ccc(c68)C5=O)C(=O)N(CCCCCC)C7=O)CO4)cc2)C(C)=C3CCCCCC)c(CCCCCC)c1C. The van der Waals surface area contributed by atoms with Crippen LogP contribution in [-0.4, -0.2) is 79.2 Å². The summed E-state index contributed by atoms with van der Waals surface area (Å²) < 4.78 is 13.1. The molecule has 1 fully saturated rings. The summed E-state index contributed by atoms with van der Waals surface area (Å²) in [6.45, 7) is 35.2. The molecule has 12 nitrogen and oxygen atoms in total. The van der Waals surface area contributed by atoms with Crippen molar-refractivity contribution in [1.82, 2.24) is 29.7 Å². The second-order valence-corrected chi connectivity index (χ2v) is 32.7. The zero-order valence-electron chi connectivity index (χ0n) is 65.5. The minimum Gasteiger partial charge on any atom is -0.354 e. The molecular weight excluding hydrogens is 1290 g/mol. The van der Waals surface area contributed by atoms with E-state index in [0.717, 1.165) is 158 Å². The zero-order valence-corrected chi connectivity index (χ0v) is 65.5. The lowest BCUT2D eigenvalue weighted by atomic mass is 9.78. The maximum atomic E-state index is 14.7. The fourth-order valence-electron chi connectivity index (χ4n) is 16.7. The quantitative estimate of drug-likeness (QED) is 0.0347. The van der Waals surface area contributed by atoms with Crippen molar-refractivity contribution < 1.29 is 28.7 Å². The molecule has 0 atom stereocenters. The second-order valence-electron chi connectivity index (χ2n) is 32.7. The first-order valence-electron chi connectivity index (χ1n) is 40.1. The summed E-state index contributed by atoms with van der Waals surface area (Å²) in [5.74, 6) is -1.81. The molecule has 8 heterocycles. The molecular formula is C92H116N6O6. The molecule has 5 aliphatic rings. The third-order valence-electron chi connectivity index (χ3n) is 23.1. The molecule has 550 valence electrons. The molecule has 104 heavy (non-hydrogen) atoms. The first-order chi connectivity index (χ1) is 50.0. The predicted molar refractivity (Wildman–Crippen MR) is 429 cm³/mol. The molecule has 0 unspecified atom stereocenters. The van der Waals surface area contributed by atoms with Gasteiger partial charge in [0.05, 0.1) is 53.1 Å². The summed E-state index contributed by atoms with van der Waals surface area (Å²) in [4.78, 5) is 80.3. The first-order valence-corrected chi connectivity index (χ1v) is 40.1. The average molecular weight is 1400 g/mol. The lowest BCUT2D eigenvalue weighted by Gasteiger charge is -2.38. The Labute approximate surface area is 619 Å². The van der Waals surface area contributed by atoms with Gasteiger partial charge in [-0.2, -0.15) is 0 Å². The summed E-state index contributed by atoms with van der Waals surface area (Å²) in [6, 6.07) is 26.6. The van der Waals surface area contributed by atoms with Crippen LogP contribution in [0.4, 0.5) is 0 Å². The number of nitrogens with zero attached hydrogens (tertiary/aromatic N) is 4. The Morgan fingerprint density at radius 1 is 0.442 bits per heavy atom. The molecule has 12 rings (SSSR count). The standard InChI is InChI=1S/C92H116N6O6/c1-16-21-26-31-36-66-56(6)82-78(60-40-42-61(43-41-60)90-103-54-65(55-104-90)98-88(101)72-46-44-70-80-71(45-47-73(81(72)80)89(98)102)87(100)97(86(70)99)48-35-30-25-20-5)83-57(7)67(37-32-27-22-17-2)75(94-83)53-77-69(39-34-29-24-19-4)59(9)85(96-77)79(62-49-63(91(10,11)12)51-64(50-62)92(13,14)15)84-58(8)68(38-33-28-23-18-3)76(95-84)52-74(66)93-82/h40-47,49-53,65,90,95-96H,16-39,48,54-55H2,1-15H3. The van der Waals surface area contributed by atoms with Crippen LogP contribution in [0.15, 0.2) is 78.9 Å². The van der Waals surface area contributed by atoms with Gasteiger partial charge in [0.25, 0.3) is 23.6 Å². The lowest BCUT2D eigenvalue weighted by molar-refractivity contribution is -0.202. The van der Waals surface area contributed by atoms with Crippen LogP contribution in [-0.2, 0) is 33.1 Å². The highest BCUT2D eigenvalue weighted by molar-refractivity contribution is 6.33. The van der Waals surface area contributed by atoms with Crippen LogP contribution >= 0.6 is 0 Å². The van der Waals surface area contributed by atoms with Crippen molar-refractivity contribution >= 4 is 78.8 Å². The number of aromatic amines is 2. The van der Waals surface area contributed by atoms with Crippen molar-refractivity contribution in [1.29, 1.82) is 0 Å². The Morgan fingerprint density at radius 3 is 1.24 bits per heavy atom. The Kier molecular flexibility index (Phi) is 23.5. The lowest BCUT2D eigenvalue weighted by Crippen LogP contribution is -2.53. The predicted octanol–water partition coefficient (Wildman–Crippen LogP) is 23.9. The van der Waals surface area contributed by atoms with Gasteiger partial charge >= 0.3 is 0 Å². The monoisotopic (exact) mass is 1400 g/mol. The van der Waals surface area contributed by atoms with Gasteiger partial charge in [0.15, 0.2) is 6.29 Å². The molecule has 1 saturated heterocycles. The van der Waals surface area contributed by atoms with Gasteiger partial charge in [0, 0.05) is 67.3 Å². The van der Waals surface area contributed by atoms with Crippen LogP contribution in [0.2, 0.25) is 0 Å². The third-order valence-corrected chi connectivity index (χ3v) is 23.1. The van der Waals surface area contributed by atoms with Crippen LogP contribution in [0.25, 0.3) is 77.4 Å². The molecule has 0 saturated carbocycles. The van der Waals surface area contributed by atoms with Crippen LogP contribution < -0.4 is 0 Å². The number of aryl methyl sites for hydroxylation is 4.